The fourth-order valence-electron chi connectivity index (χ4n) is 1.97. The monoisotopic (exact) mass is 400 g/mol. The number of fused-ring (bicyclic) bond motifs is 1. The molecule has 1 aromatic heterocycles. The summed E-state index contributed by atoms with van der Waals surface area (Å²) in [4.78, 5) is 0. The van der Waals surface area contributed by atoms with Crippen molar-refractivity contribution in [2.45, 2.75) is 5.75 Å². The highest BCUT2D eigenvalue weighted by molar-refractivity contribution is 9.10. The van der Waals surface area contributed by atoms with Gasteiger partial charge < -0.3 is 4.52 Å². The number of nitrogens with one attached hydrogen (secondary N) is 1. The summed E-state index contributed by atoms with van der Waals surface area (Å²) in [7, 11) is -3.61. The van der Waals surface area contributed by atoms with Crippen LogP contribution in [-0.2, 0) is 15.8 Å². The van der Waals surface area contributed by atoms with Crippen LogP contribution in [0.15, 0.2) is 51.5 Å². The molecule has 0 aliphatic heterocycles. The van der Waals surface area contributed by atoms with Gasteiger partial charge in [0.25, 0.3) is 0 Å². The van der Waals surface area contributed by atoms with Gasteiger partial charge in [-0.2, -0.15) is 0 Å². The van der Waals surface area contributed by atoms with Crippen molar-refractivity contribution in [2.24, 2.45) is 0 Å². The number of hydrogen-bond acceptors (Lipinski definition) is 4. The highest BCUT2D eigenvalue weighted by Gasteiger charge is 2.17. The van der Waals surface area contributed by atoms with Crippen LogP contribution in [0.25, 0.3) is 11.0 Å². The number of benzene rings is 2. The summed E-state index contributed by atoms with van der Waals surface area (Å²) in [6.07, 6.45) is 0. The Kier molecular flexibility index (Phi) is 4.12. The Morgan fingerprint density at radius 2 is 1.91 bits per heavy atom. The van der Waals surface area contributed by atoms with Crippen molar-refractivity contribution in [3.63, 3.8) is 0 Å². The van der Waals surface area contributed by atoms with E-state index in [0.29, 0.717) is 21.6 Å². The molecule has 2 aromatic carbocycles. The SMILES string of the molecule is O=S(=O)(Cc1ccc(Br)cc1)Nc1noc2ccc(Cl)cc12. The topological polar surface area (TPSA) is 72.2 Å². The molecule has 22 heavy (non-hydrogen) atoms. The van der Waals surface area contributed by atoms with Crippen molar-refractivity contribution >= 4 is 54.3 Å². The molecule has 8 heteroatoms. The van der Waals surface area contributed by atoms with Crippen molar-refractivity contribution < 1.29 is 12.9 Å². The van der Waals surface area contributed by atoms with Crippen LogP contribution in [0.2, 0.25) is 5.02 Å². The van der Waals surface area contributed by atoms with Crippen molar-refractivity contribution in [1.82, 2.24) is 5.16 Å². The highest BCUT2D eigenvalue weighted by Crippen LogP contribution is 2.27. The van der Waals surface area contributed by atoms with Gasteiger partial charge in [-0.1, -0.05) is 44.8 Å². The van der Waals surface area contributed by atoms with E-state index in [4.69, 9.17) is 16.1 Å². The zero-order valence-corrected chi connectivity index (χ0v) is 14.2. The number of aromatic nitrogens is 1. The molecule has 0 fully saturated rings. The van der Waals surface area contributed by atoms with E-state index >= 15 is 0 Å². The highest BCUT2D eigenvalue weighted by atomic mass is 79.9. The molecule has 3 aromatic rings. The molecule has 0 atom stereocenters. The molecule has 0 unspecified atom stereocenters. The van der Waals surface area contributed by atoms with Gasteiger partial charge in [0.05, 0.1) is 11.1 Å². The van der Waals surface area contributed by atoms with Gasteiger partial charge in [0, 0.05) is 9.50 Å². The van der Waals surface area contributed by atoms with Crippen molar-refractivity contribution in [3.05, 3.63) is 57.5 Å². The molecule has 0 saturated carbocycles. The second-order valence-corrected chi connectivity index (χ2v) is 7.73. The summed E-state index contributed by atoms with van der Waals surface area (Å²) >= 11 is 9.22. The second kappa shape index (κ2) is 5.91. The van der Waals surface area contributed by atoms with Gasteiger partial charge in [0.2, 0.25) is 10.0 Å². The summed E-state index contributed by atoms with van der Waals surface area (Å²) in [5, 5.41) is 4.74. The van der Waals surface area contributed by atoms with Gasteiger partial charge >= 0.3 is 0 Å². The number of nitrogens with zero attached hydrogens (tertiary/aromatic N) is 1. The molecule has 3 rings (SSSR count). The summed E-state index contributed by atoms with van der Waals surface area (Å²) in [5.41, 5.74) is 1.13. The maximum Gasteiger partial charge on any atom is 0.238 e. The lowest BCUT2D eigenvalue weighted by Gasteiger charge is -2.05. The Morgan fingerprint density at radius 3 is 2.64 bits per heavy atom. The van der Waals surface area contributed by atoms with Crippen LogP contribution in [0.1, 0.15) is 5.56 Å². The lowest BCUT2D eigenvalue weighted by Crippen LogP contribution is -2.15. The molecule has 114 valence electrons. The van der Waals surface area contributed by atoms with Gasteiger partial charge in [0.1, 0.15) is 0 Å². The fraction of sp³-hybridized carbons (Fsp3) is 0.0714. The summed E-state index contributed by atoms with van der Waals surface area (Å²) < 4.78 is 32.9. The summed E-state index contributed by atoms with van der Waals surface area (Å²) in [6.45, 7) is 0. The summed E-state index contributed by atoms with van der Waals surface area (Å²) in [5.74, 6) is -0.0236. The van der Waals surface area contributed by atoms with Gasteiger partial charge in [0.15, 0.2) is 11.4 Å². The van der Waals surface area contributed by atoms with Crippen LogP contribution in [0.5, 0.6) is 0 Å². The Bertz CT molecular complexity index is 923. The van der Waals surface area contributed by atoms with Crippen LogP contribution in [0.4, 0.5) is 5.82 Å². The minimum Gasteiger partial charge on any atom is -0.354 e. The Hall–Kier alpha value is -1.57. The van der Waals surface area contributed by atoms with Gasteiger partial charge in [-0.15, -0.1) is 0 Å². The average molecular weight is 402 g/mol. The third-order valence-electron chi connectivity index (χ3n) is 2.95. The fourth-order valence-corrected chi connectivity index (χ4v) is 3.55. The van der Waals surface area contributed by atoms with Gasteiger partial charge in [-0.05, 0) is 35.9 Å². The third kappa shape index (κ3) is 3.43. The van der Waals surface area contributed by atoms with Crippen LogP contribution >= 0.6 is 27.5 Å². The third-order valence-corrected chi connectivity index (χ3v) is 4.94. The molecule has 0 spiro atoms. The predicted octanol–water partition coefficient (Wildman–Crippen LogP) is 4.19. The molecule has 0 amide bonds. The maximum atomic E-state index is 12.2. The van der Waals surface area contributed by atoms with Gasteiger partial charge in [-0.3, -0.25) is 4.72 Å². The van der Waals surface area contributed by atoms with Crippen LogP contribution < -0.4 is 4.72 Å². The van der Waals surface area contributed by atoms with E-state index in [1.54, 1.807) is 42.5 Å². The minimum atomic E-state index is -3.61. The largest absolute Gasteiger partial charge is 0.354 e. The van der Waals surface area contributed by atoms with Crippen molar-refractivity contribution in [2.75, 3.05) is 4.72 Å². The molecule has 0 saturated heterocycles. The second-order valence-electron chi connectivity index (χ2n) is 4.66. The first kappa shape index (κ1) is 15.3. The summed E-state index contributed by atoms with van der Waals surface area (Å²) in [6, 6.07) is 11.9. The zero-order valence-electron chi connectivity index (χ0n) is 11.1. The van der Waals surface area contributed by atoms with E-state index in [2.05, 4.69) is 25.8 Å². The first-order chi connectivity index (χ1) is 10.4. The first-order valence-corrected chi connectivity index (χ1v) is 9.05. The van der Waals surface area contributed by atoms with E-state index < -0.39 is 10.0 Å². The van der Waals surface area contributed by atoms with Crippen LogP contribution in [-0.4, -0.2) is 13.6 Å². The standard InChI is InChI=1S/C14H10BrClN2O3S/c15-10-3-1-9(2-4-10)8-22(19,20)18-14-12-7-11(16)5-6-13(12)21-17-14/h1-7H,8H2,(H,17,18). The Balaban J connectivity index is 1.86. The molecule has 1 N–H and O–H groups in total. The van der Waals surface area contributed by atoms with E-state index in [0.717, 1.165) is 4.47 Å². The molecule has 0 aliphatic carbocycles. The minimum absolute atomic E-state index is 0.134. The normalized spacial score (nSPS) is 11.7. The maximum absolute atomic E-state index is 12.2. The van der Waals surface area contributed by atoms with Crippen LogP contribution in [0.3, 0.4) is 0 Å². The quantitative estimate of drug-likeness (QED) is 0.711. The molecule has 0 aliphatic rings. The number of hydrogen-bond donors (Lipinski definition) is 1. The smallest absolute Gasteiger partial charge is 0.238 e. The predicted molar refractivity (Wildman–Crippen MR) is 89.4 cm³/mol. The molecule has 0 radical (unpaired) electrons. The zero-order chi connectivity index (χ0) is 15.7. The molecular formula is C14H10BrClN2O3S. The van der Waals surface area contributed by atoms with Crippen molar-refractivity contribution in [3.8, 4) is 0 Å². The van der Waals surface area contributed by atoms with Crippen molar-refractivity contribution in [1.29, 1.82) is 0 Å². The number of rotatable bonds is 4. The number of anilines is 1. The Labute approximate surface area is 140 Å². The lowest BCUT2D eigenvalue weighted by atomic mass is 10.2. The van der Waals surface area contributed by atoms with E-state index in [9.17, 15) is 8.42 Å². The van der Waals surface area contributed by atoms with E-state index in [1.165, 1.54) is 0 Å². The number of halogens is 2. The van der Waals surface area contributed by atoms with E-state index in [1.807, 2.05) is 0 Å². The van der Waals surface area contributed by atoms with Gasteiger partial charge in [-0.25, -0.2) is 8.42 Å². The molecule has 5 nitrogen and oxygen atoms in total. The molecule has 0 bridgehead atoms. The lowest BCUT2D eigenvalue weighted by molar-refractivity contribution is 0.460. The Morgan fingerprint density at radius 1 is 1.18 bits per heavy atom. The molecular weight excluding hydrogens is 392 g/mol. The molecule has 1 heterocycles. The van der Waals surface area contributed by atoms with Crippen LogP contribution in [0, 0.1) is 0 Å². The number of sulfonamides is 1. The average Bonchev–Trinajstić information content (AvgIpc) is 2.83. The first-order valence-electron chi connectivity index (χ1n) is 6.23. The van der Waals surface area contributed by atoms with E-state index in [-0.39, 0.29) is 11.6 Å².